The number of rotatable bonds is 5. The van der Waals surface area contributed by atoms with Gasteiger partial charge in [-0.05, 0) is 49.3 Å². The number of morpholine rings is 1. The van der Waals surface area contributed by atoms with Crippen LogP contribution in [0.25, 0.3) is 0 Å². The van der Waals surface area contributed by atoms with E-state index < -0.39 is 0 Å². The van der Waals surface area contributed by atoms with Crippen LogP contribution in [0.15, 0.2) is 24.5 Å². The van der Waals surface area contributed by atoms with Gasteiger partial charge in [0.15, 0.2) is 0 Å². The van der Waals surface area contributed by atoms with Gasteiger partial charge in [0, 0.05) is 24.9 Å². The van der Waals surface area contributed by atoms with Crippen LogP contribution in [0.3, 0.4) is 0 Å². The average molecular weight is 346 g/mol. The number of amides is 1. The number of aliphatic hydroxyl groups excluding tert-OH is 1. The Morgan fingerprint density at radius 1 is 1.28 bits per heavy atom. The Kier molecular flexibility index (Phi) is 5.01. The van der Waals surface area contributed by atoms with Crippen LogP contribution in [-0.2, 0) is 20.9 Å². The highest BCUT2D eigenvalue weighted by Gasteiger charge is 2.45. The molecule has 0 bridgehead atoms. The zero-order valence-electron chi connectivity index (χ0n) is 14.4. The number of fused-ring (bicyclic) bond motifs is 1. The van der Waals surface area contributed by atoms with Crippen molar-refractivity contribution < 1.29 is 19.4 Å². The molecule has 2 saturated carbocycles. The van der Waals surface area contributed by atoms with Gasteiger partial charge in [0.25, 0.3) is 0 Å². The highest BCUT2D eigenvalue weighted by atomic mass is 16.5. The zero-order valence-corrected chi connectivity index (χ0v) is 14.4. The normalized spacial score (nSPS) is 34.4. The van der Waals surface area contributed by atoms with E-state index in [4.69, 9.17) is 9.47 Å². The third-order valence-electron chi connectivity index (χ3n) is 5.75. The van der Waals surface area contributed by atoms with Gasteiger partial charge in [0.05, 0.1) is 38.1 Å². The largest absolute Gasteiger partial charge is 0.393 e. The number of hydrogen-bond donors (Lipinski definition) is 1. The molecule has 3 fully saturated rings. The monoisotopic (exact) mass is 346 g/mol. The lowest BCUT2D eigenvalue weighted by Crippen LogP contribution is -2.55. The van der Waals surface area contributed by atoms with Gasteiger partial charge < -0.3 is 19.5 Å². The van der Waals surface area contributed by atoms with Crippen molar-refractivity contribution in [1.29, 1.82) is 0 Å². The summed E-state index contributed by atoms with van der Waals surface area (Å²) in [7, 11) is 0. The lowest BCUT2D eigenvalue weighted by atomic mass is 9.81. The van der Waals surface area contributed by atoms with Gasteiger partial charge >= 0.3 is 0 Å². The van der Waals surface area contributed by atoms with E-state index in [1.165, 1.54) is 0 Å². The first kappa shape index (κ1) is 16.9. The number of ether oxygens (including phenoxy) is 2. The molecule has 0 unspecified atom stereocenters. The smallest absolute Gasteiger partial charge is 0.226 e. The molecule has 6 nitrogen and oxygen atoms in total. The predicted molar refractivity (Wildman–Crippen MR) is 90.6 cm³/mol. The van der Waals surface area contributed by atoms with Gasteiger partial charge in [-0.1, -0.05) is 0 Å². The molecule has 1 aromatic heterocycles. The first-order valence-electron chi connectivity index (χ1n) is 9.27. The molecule has 136 valence electrons. The fraction of sp³-hybridized carbons (Fsp3) is 0.684. The standard InChI is InChI=1S/C19H26N2O4/c22-16-9-15(10-16)19(23)21-5-6-25-18-8-14(7-17(18)21)12-24-11-13-1-3-20-4-2-13/h1-4,14-18,22H,5-12H2/t14-,15?,16?,17+,18-/m1/s1. The Hall–Kier alpha value is -1.50. The summed E-state index contributed by atoms with van der Waals surface area (Å²) in [4.78, 5) is 18.7. The minimum Gasteiger partial charge on any atom is -0.393 e. The van der Waals surface area contributed by atoms with E-state index in [0.29, 0.717) is 45.1 Å². The molecule has 0 radical (unpaired) electrons. The second-order valence-corrected chi connectivity index (χ2v) is 7.54. The minimum absolute atomic E-state index is 0.00994. The molecule has 1 aromatic rings. The van der Waals surface area contributed by atoms with Crippen molar-refractivity contribution in [3.05, 3.63) is 30.1 Å². The van der Waals surface area contributed by atoms with Crippen molar-refractivity contribution in [2.45, 2.75) is 50.5 Å². The van der Waals surface area contributed by atoms with E-state index in [2.05, 4.69) is 4.98 Å². The molecule has 3 atom stereocenters. The summed E-state index contributed by atoms with van der Waals surface area (Å²) in [5, 5.41) is 9.47. The van der Waals surface area contributed by atoms with Crippen LogP contribution >= 0.6 is 0 Å². The summed E-state index contributed by atoms with van der Waals surface area (Å²) in [6.45, 7) is 2.59. The predicted octanol–water partition coefficient (Wildman–Crippen LogP) is 1.38. The van der Waals surface area contributed by atoms with Crippen LogP contribution in [0.1, 0.15) is 31.2 Å². The lowest BCUT2D eigenvalue weighted by molar-refractivity contribution is -0.154. The van der Waals surface area contributed by atoms with Crippen LogP contribution in [0.4, 0.5) is 0 Å². The zero-order chi connectivity index (χ0) is 17.2. The molecule has 4 rings (SSSR count). The van der Waals surface area contributed by atoms with Crippen molar-refractivity contribution in [2.75, 3.05) is 19.8 Å². The van der Waals surface area contributed by atoms with E-state index in [-0.39, 0.29) is 30.1 Å². The fourth-order valence-electron chi connectivity index (χ4n) is 4.31. The molecule has 1 amide bonds. The Bertz CT molecular complexity index is 590. The lowest BCUT2D eigenvalue weighted by Gasteiger charge is -2.42. The Morgan fingerprint density at radius 2 is 2.08 bits per heavy atom. The minimum atomic E-state index is -0.288. The molecule has 6 heteroatoms. The van der Waals surface area contributed by atoms with E-state index in [0.717, 1.165) is 18.4 Å². The maximum absolute atomic E-state index is 12.7. The number of aliphatic hydroxyl groups is 1. The average Bonchev–Trinajstić information content (AvgIpc) is 3.02. The van der Waals surface area contributed by atoms with Gasteiger partial charge in [-0.2, -0.15) is 0 Å². The molecule has 2 heterocycles. The van der Waals surface area contributed by atoms with Crippen molar-refractivity contribution in [1.82, 2.24) is 9.88 Å². The van der Waals surface area contributed by atoms with E-state index >= 15 is 0 Å². The SMILES string of the molecule is O=C(C1CC(O)C1)N1CCO[C@@H]2C[C@H](COCc3ccncc3)C[C@@H]21. The van der Waals surface area contributed by atoms with E-state index in [1.54, 1.807) is 12.4 Å². The molecule has 2 aliphatic carbocycles. The summed E-state index contributed by atoms with van der Waals surface area (Å²) in [6.07, 6.45) is 6.54. The maximum atomic E-state index is 12.7. The molecule has 0 aromatic carbocycles. The second kappa shape index (κ2) is 7.40. The molecule has 1 saturated heterocycles. The summed E-state index contributed by atoms with van der Waals surface area (Å²) in [5.74, 6) is 0.648. The number of hydrogen-bond acceptors (Lipinski definition) is 5. The Balaban J connectivity index is 1.29. The van der Waals surface area contributed by atoms with Gasteiger partial charge in [-0.25, -0.2) is 0 Å². The number of pyridine rings is 1. The van der Waals surface area contributed by atoms with Crippen molar-refractivity contribution in [3.63, 3.8) is 0 Å². The third kappa shape index (κ3) is 3.71. The molecule has 25 heavy (non-hydrogen) atoms. The molecular formula is C19H26N2O4. The highest BCUT2D eigenvalue weighted by Crippen LogP contribution is 2.37. The van der Waals surface area contributed by atoms with Crippen molar-refractivity contribution in [2.24, 2.45) is 11.8 Å². The van der Waals surface area contributed by atoms with E-state index in [1.807, 2.05) is 17.0 Å². The second-order valence-electron chi connectivity index (χ2n) is 7.54. The quantitative estimate of drug-likeness (QED) is 0.872. The molecule has 3 aliphatic rings. The van der Waals surface area contributed by atoms with Gasteiger partial charge in [-0.15, -0.1) is 0 Å². The Labute approximate surface area is 148 Å². The summed E-state index contributed by atoms with van der Waals surface area (Å²) >= 11 is 0. The number of nitrogens with zero attached hydrogens (tertiary/aromatic N) is 2. The third-order valence-corrected chi connectivity index (χ3v) is 5.75. The maximum Gasteiger partial charge on any atom is 0.226 e. The molecule has 1 N–H and O–H groups in total. The highest BCUT2D eigenvalue weighted by molar-refractivity contribution is 5.80. The summed E-state index contributed by atoms with van der Waals surface area (Å²) in [6, 6.07) is 4.10. The van der Waals surface area contributed by atoms with Crippen molar-refractivity contribution in [3.8, 4) is 0 Å². The first-order chi connectivity index (χ1) is 12.2. The van der Waals surface area contributed by atoms with Gasteiger partial charge in [0.1, 0.15) is 0 Å². The molecule has 0 spiro atoms. The van der Waals surface area contributed by atoms with Crippen LogP contribution < -0.4 is 0 Å². The first-order valence-corrected chi connectivity index (χ1v) is 9.27. The van der Waals surface area contributed by atoms with Crippen LogP contribution in [0.5, 0.6) is 0 Å². The van der Waals surface area contributed by atoms with Gasteiger partial charge in [0.2, 0.25) is 5.91 Å². The van der Waals surface area contributed by atoms with Crippen LogP contribution in [0, 0.1) is 11.8 Å². The van der Waals surface area contributed by atoms with Crippen LogP contribution in [0.2, 0.25) is 0 Å². The van der Waals surface area contributed by atoms with Gasteiger partial charge in [-0.3, -0.25) is 9.78 Å². The topological polar surface area (TPSA) is 71.9 Å². The van der Waals surface area contributed by atoms with E-state index in [9.17, 15) is 9.90 Å². The molecule has 1 aliphatic heterocycles. The number of aromatic nitrogens is 1. The summed E-state index contributed by atoms with van der Waals surface area (Å²) in [5.41, 5.74) is 1.13. The van der Waals surface area contributed by atoms with Crippen molar-refractivity contribution >= 4 is 5.91 Å². The Morgan fingerprint density at radius 3 is 2.84 bits per heavy atom. The fourth-order valence-corrected chi connectivity index (χ4v) is 4.31. The summed E-state index contributed by atoms with van der Waals surface area (Å²) < 4.78 is 11.8. The van der Waals surface area contributed by atoms with Crippen LogP contribution in [-0.4, -0.2) is 58.9 Å². The molecular weight excluding hydrogens is 320 g/mol. The number of carbonyl (C=O) groups is 1. The number of carbonyl (C=O) groups excluding carboxylic acids is 1.